The predicted molar refractivity (Wildman–Crippen MR) is 68.6 cm³/mol. The first-order valence-electron chi connectivity index (χ1n) is 6.31. The second-order valence-corrected chi connectivity index (χ2v) is 5.18. The molecule has 1 atom stereocenters. The standard InChI is InChI=1S/C14H25NO/c1-6-10-15-13(14(4,5)7-2)12-9-8-11(3)16-12/h8-9,13,15H,6-7,10H2,1-5H3. The summed E-state index contributed by atoms with van der Waals surface area (Å²) in [5, 5.41) is 3.60. The van der Waals surface area contributed by atoms with Gasteiger partial charge in [-0.05, 0) is 43.9 Å². The molecule has 16 heavy (non-hydrogen) atoms. The van der Waals surface area contributed by atoms with Crippen LogP contribution in [0, 0.1) is 12.3 Å². The summed E-state index contributed by atoms with van der Waals surface area (Å²) in [6.45, 7) is 12.0. The molecule has 0 aliphatic rings. The molecular weight excluding hydrogens is 198 g/mol. The van der Waals surface area contributed by atoms with Gasteiger partial charge in [0.2, 0.25) is 0 Å². The molecule has 92 valence electrons. The van der Waals surface area contributed by atoms with Crippen molar-refractivity contribution in [2.45, 2.75) is 53.5 Å². The van der Waals surface area contributed by atoms with E-state index in [9.17, 15) is 0 Å². The molecule has 0 aromatic carbocycles. The van der Waals surface area contributed by atoms with E-state index in [0.29, 0.717) is 6.04 Å². The van der Waals surface area contributed by atoms with E-state index in [1.807, 2.05) is 13.0 Å². The van der Waals surface area contributed by atoms with Crippen LogP contribution >= 0.6 is 0 Å². The Morgan fingerprint density at radius 1 is 1.31 bits per heavy atom. The summed E-state index contributed by atoms with van der Waals surface area (Å²) < 4.78 is 5.77. The molecule has 1 unspecified atom stereocenters. The van der Waals surface area contributed by atoms with Gasteiger partial charge in [0.15, 0.2) is 0 Å². The van der Waals surface area contributed by atoms with Crippen molar-refractivity contribution in [3.05, 3.63) is 23.7 Å². The molecule has 2 heteroatoms. The molecule has 1 aromatic rings. The van der Waals surface area contributed by atoms with Gasteiger partial charge in [0, 0.05) is 0 Å². The fraction of sp³-hybridized carbons (Fsp3) is 0.714. The summed E-state index contributed by atoms with van der Waals surface area (Å²) in [4.78, 5) is 0. The number of hydrogen-bond donors (Lipinski definition) is 1. The lowest BCUT2D eigenvalue weighted by atomic mass is 9.80. The van der Waals surface area contributed by atoms with Crippen LogP contribution in [0.4, 0.5) is 0 Å². The maximum Gasteiger partial charge on any atom is 0.121 e. The van der Waals surface area contributed by atoms with E-state index < -0.39 is 0 Å². The van der Waals surface area contributed by atoms with E-state index >= 15 is 0 Å². The lowest BCUT2D eigenvalue weighted by Gasteiger charge is -2.32. The van der Waals surface area contributed by atoms with Crippen LogP contribution in [0.15, 0.2) is 16.5 Å². The Bertz CT molecular complexity index is 314. The Balaban J connectivity index is 2.87. The molecule has 0 saturated carbocycles. The fourth-order valence-corrected chi connectivity index (χ4v) is 1.86. The molecule has 1 aromatic heterocycles. The van der Waals surface area contributed by atoms with Crippen molar-refractivity contribution in [3.63, 3.8) is 0 Å². The number of hydrogen-bond acceptors (Lipinski definition) is 2. The van der Waals surface area contributed by atoms with Gasteiger partial charge >= 0.3 is 0 Å². The molecule has 0 radical (unpaired) electrons. The molecule has 0 aliphatic carbocycles. The van der Waals surface area contributed by atoms with Crippen molar-refractivity contribution in [3.8, 4) is 0 Å². The Kier molecular flexibility index (Phi) is 4.60. The van der Waals surface area contributed by atoms with Crippen LogP contribution in [0.2, 0.25) is 0 Å². The first-order valence-corrected chi connectivity index (χ1v) is 6.31. The number of furan rings is 1. The van der Waals surface area contributed by atoms with Gasteiger partial charge in [-0.2, -0.15) is 0 Å². The van der Waals surface area contributed by atoms with Crippen LogP contribution in [-0.2, 0) is 0 Å². The maximum atomic E-state index is 5.77. The molecule has 0 aliphatic heterocycles. The zero-order valence-electron chi connectivity index (χ0n) is 11.3. The third kappa shape index (κ3) is 3.11. The van der Waals surface area contributed by atoms with Crippen LogP contribution < -0.4 is 5.32 Å². The summed E-state index contributed by atoms with van der Waals surface area (Å²) in [6.07, 6.45) is 2.28. The van der Waals surface area contributed by atoms with Crippen LogP contribution in [0.1, 0.15) is 58.1 Å². The van der Waals surface area contributed by atoms with E-state index in [4.69, 9.17) is 4.42 Å². The maximum absolute atomic E-state index is 5.77. The molecule has 0 fully saturated rings. The monoisotopic (exact) mass is 223 g/mol. The van der Waals surface area contributed by atoms with Gasteiger partial charge in [0.25, 0.3) is 0 Å². The number of rotatable bonds is 6. The van der Waals surface area contributed by atoms with Gasteiger partial charge in [-0.1, -0.05) is 27.7 Å². The Morgan fingerprint density at radius 3 is 2.44 bits per heavy atom. The highest BCUT2D eigenvalue weighted by Crippen LogP contribution is 2.36. The smallest absolute Gasteiger partial charge is 0.121 e. The van der Waals surface area contributed by atoms with Crippen LogP contribution in [0.25, 0.3) is 0 Å². The normalized spacial score (nSPS) is 14.1. The third-order valence-electron chi connectivity index (χ3n) is 3.34. The van der Waals surface area contributed by atoms with Gasteiger partial charge in [-0.3, -0.25) is 0 Å². The molecule has 0 bridgehead atoms. The van der Waals surface area contributed by atoms with E-state index in [1.165, 1.54) is 0 Å². The first-order chi connectivity index (χ1) is 7.51. The zero-order chi connectivity index (χ0) is 12.2. The van der Waals surface area contributed by atoms with Gasteiger partial charge in [0.1, 0.15) is 11.5 Å². The Morgan fingerprint density at radius 2 is 2.00 bits per heavy atom. The summed E-state index contributed by atoms with van der Waals surface area (Å²) in [5.74, 6) is 2.06. The summed E-state index contributed by atoms with van der Waals surface area (Å²) in [5.41, 5.74) is 0.222. The summed E-state index contributed by atoms with van der Waals surface area (Å²) >= 11 is 0. The minimum absolute atomic E-state index is 0.222. The van der Waals surface area contributed by atoms with Crippen molar-refractivity contribution in [2.24, 2.45) is 5.41 Å². The van der Waals surface area contributed by atoms with Crippen molar-refractivity contribution < 1.29 is 4.42 Å². The minimum Gasteiger partial charge on any atom is -0.465 e. The zero-order valence-corrected chi connectivity index (χ0v) is 11.3. The summed E-state index contributed by atoms with van der Waals surface area (Å²) in [6, 6.07) is 4.45. The molecule has 2 nitrogen and oxygen atoms in total. The molecule has 1 rings (SSSR count). The van der Waals surface area contributed by atoms with E-state index in [-0.39, 0.29) is 5.41 Å². The topological polar surface area (TPSA) is 25.2 Å². The highest BCUT2D eigenvalue weighted by molar-refractivity contribution is 5.12. The molecule has 1 N–H and O–H groups in total. The van der Waals surface area contributed by atoms with E-state index in [0.717, 1.165) is 30.9 Å². The fourth-order valence-electron chi connectivity index (χ4n) is 1.86. The second kappa shape index (κ2) is 5.53. The molecule has 0 spiro atoms. The van der Waals surface area contributed by atoms with E-state index in [2.05, 4.69) is 39.1 Å². The van der Waals surface area contributed by atoms with Crippen LogP contribution in [0.3, 0.4) is 0 Å². The number of nitrogens with one attached hydrogen (secondary N) is 1. The van der Waals surface area contributed by atoms with Crippen molar-refractivity contribution in [1.29, 1.82) is 0 Å². The van der Waals surface area contributed by atoms with Gasteiger partial charge in [-0.15, -0.1) is 0 Å². The van der Waals surface area contributed by atoms with Gasteiger partial charge < -0.3 is 9.73 Å². The third-order valence-corrected chi connectivity index (χ3v) is 3.34. The molecule has 0 amide bonds. The van der Waals surface area contributed by atoms with Crippen LogP contribution in [0.5, 0.6) is 0 Å². The van der Waals surface area contributed by atoms with Crippen molar-refractivity contribution >= 4 is 0 Å². The lowest BCUT2D eigenvalue weighted by Crippen LogP contribution is -2.34. The van der Waals surface area contributed by atoms with Crippen LogP contribution in [-0.4, -0.2) is 6.54 Å². The second-order valence-electron chi connectivity index (χ2n) is 5.18. The molecular formula is C14H25NO. The quantitative estimate of drug-likeness (QED) is 0.786. The SMILES string of the molecule is CCCNC(c1ccc(C)o1)C(C)(C)CC. The van der Waals surface area contributed by atoms with Crippen molar-refractivity contribution in [1.82, 2.24) is 5.32 Å². The average Bonchev–Trinajstić information content (AvgIpc) is 2.65. The van der Waals surface area contributed by atoms with Gasteiger partial charge in [-0.25, -0.2) is 0 Å². The highest BCUT2D eigenvalue weighted by Gasteiger charge is 2.30. The molecule has 1 heterocycles. The molecule has 0 saturated heterocycles. The Hall–Kier alpha value is -0.760. The predicted octanol–water partition coefficient (Wildman–Crippen LogP) is 4.06. The first kappa shape index (κ1) is 13.3. The van der Waals surface area contributed by atoms with E-state index in [1.54, 1.807) is 0 Å². The minimum atomic E-state index is 0.222. The van der Waals surface area contributed by atoms with Crippen molar-refractivity contribution in [2.75, 3.05) is 6.54 Å². The number of aryl methyl sites for hydroxylation is 1. The largest absolute Gasteiger partial charge is 0.465 e. The average molecular weight is 223 g/mol. The lowest BCUT2D eigenvalue weighted by molar-refractivity contribution is 0.205. The highest BCUT2D eigenvalue weighted by atomic mass is 16.3. The van der Waals surface area contributed by atoms with Gasteiger partial charge in [0.05, 0.1) is 6.04 Å². The Labute approximate surface area is 99.4 Å². The summed E-state index contributed by atoms with van der Waals surface area (Å²) in [7, 11) is 0.